The first-order valence-electron chi connectivity index (χ1n) is 9.41. The molecule has 0 unspecified atom stereocenters. The van der Waals surface area contributed by atoms with E-state index in [0.717, 1.165) is 31.2 Å². The molecule has 0 saturated heterocycles. The van der Waals surface area contributed by atoms with Gasteiger partial charge in [-0.3, -0.25) is 10.1 Å². The van der Waals surface area contributed by atoms with Gasteiger partial charge in [-0.05, 0) is 67.6 Å². The van der Waals surface area contributed by atoms with Crippen molar-refractivity contribution in [3.63, 3.8) is 0 Å². The zero-order valence-electron chi connectivity index (χ0n) is 16.0. The van der Waals surface area contributed by atoms with Crippen LogP contribution in [-0.2, 0) is 12.8 Å². The highest BCUT2D eigenvalue weighted by molar-refractivity contribution is 7.80. The molecule has 0 bridgehead atoms. The predicted octanol–water partition coefficient (Wildman–Crippen LogP) is 4.66. The minimum Gasteiger partial charge on any atom is -0.494 e. The van der Waals surface area contributed by atoms with Crippen molar-refractivity contribution in [2.75, 3.05) is 11.9 Å². The number of fused-ring (bicyclic) bond motifs is 1. The summed E-state index contributed by atoms with van der Waals surface area (Å²) in [5, 5.41) is 16.2. The van der Waals surface area contributed by atoms with Crippen LogP contribution in [-0.4, -0.2) is 17.6 Å². The number of carbonyl (C=O) groups excluding carboxylic acids is 1. The summed E-state index contributed by atoms with van der Waals surface area (Å²) in [5.41, 5.74) is 2.25. The Balaban J connectivity index is 1.68. The number of carbonyl (C=O) groups is 1. The number of nitrogens with zero attached hydrogens (tertiary/aromatic N) is 1. The van der Waals surface area contributed by atoms with Crippen molar-refractivity contribution in [1.29, 1.82) is 5.26 Å². The van der Waals surface area contributed by atoms with Crippen molar-refractivity contribution < 1.29 is 9.53 Å². The van der Waals surface area contributed by atoms with Gasteiger partial charge in [-0.25, -0.2) is 0 Å². The van der Waals surface area contributed by atoms with E-state index < -0.39 is 0 Å². The topological polar surface area (TPSA) is 74.2 Å². The van der Waals surface area contributed by atoms with Crippen molar-refractivity contribution in [3.05, 3.63) is 45.8 Å². The van der Waals surface area contributed by atoms with Crippen LogP contribution in [0.15, 0.2) is 24.3 Å². The van der Waals surface area contributed by atoms with Crippen LogP contribution in [0.2, 0.25) is 0 Å². The molecule has 1 aliphatic carbocycles. The third kappa shape index (κ3) is 4.70. The van der Waals surface area contributed by atoms with E-state index in [4.69, 9.17) is 17.0 Å². The Labute approximate surface area is 174 Å². The number of rotatable bonds is 5. The van der Waals surface area contributed by atoms with Crippen molar-refractivity contribution in [3.8, 4) is 11.8 Å². The fourth-order valence-electron chi connectivity index (χ4n) is 3.21. The van der Waals surface area contributed by atoms with E-state index in [1.165, 1.54) is 4.88 Å². The molecule has 2 N–H and O–H groups in total. The smallest absolute Gasteiger partial charge is 0.257 e. The number of anilines is 1. The Morgan fingerprint density at radius 1 is 1.46 bits per heavy atom. The van der Waals surface area contributed by atoms with Gasteiger partial charge < -0.3 is 10.1 Å². The third-order valence-corrected chi connectivity index (χ3v) is 6.02. The molecule has 1 aromatic heterocycles. The third-order valence-electron chi connectivity index (χ3n) is 4.65. The number of thiophene rings is 1. The Bertz CT molecular complexity index is 930. The Morgan fingerprint density at radius 3 is 3.04 bits per heavy atom. The number of amides is 1. The molecule has 7 heteroatoms. The molecule has 1 aliphatic rings. The number of nitrogens with one attached hydrogen (secondary N) is 2. The van der Waals surface area contributed by atoms with Crippen LogP contribution in [0.4, 0.5) is 5.00 Å². The minimum absolute atomic E-state index is 0.188. The highest BCUT2D eigenvalue weighted by Gasteiger charge is 2.24. The summed E-state index contributed by atoms with van der Waals surface area (Å²) in [6, 6.07) is 9.30. The largest absolute Gasteiger partial charge is 0.494 e. The molecule has 1 amide bonds. The van der Waals surface area contributed by atoms with Crippen molar-refractivity contribution >= 4 is 39.6 Å². The van der Waals surface area contributed by atoms with Crippen LogP contribution in [0.25, 0.3) is 0 Å². The van der Waals surface area contributed by atoms with Gasteiger partial charge in [0.15, 0.2) is 5.11 Å². The van der Waals surface area contributed by atoms with Crippen LogP contribution >= 0.6 is 23.6 Å². The van der Waals surface area contributed by atoms with E-state index in [0.29, 0.717) is 34.4 Å². The molecule has 146 valence electrons. The fraction of sp³-hybridized carbons (Fsp3) is 0.381. The second-order valence-electron chi connectivity index (χ2n) is 6.95. The molecule has 1 atom stereocenters. The van der Waals surface area contributed by atoms with Crippen LogP contribution in [0.5, 0.6) is 5.75 Å². The van der Waals surface area contributed by atoms with Crippen LogP contribution in [0.1, 0.15) is 53.1 Å². The Morgan fingerprint density at radius 2 is 2.29 bits per heavy atom. The van der Waals surface area contributed by atoms with Crippen molar-refractivity contribution in [1.82, 2.24) is 5.32 Å². The van der Waals surface area contributed by atoms with Gasteiger partial charge in [0.2, 0.25) is 0 Å². The molecular formula is C21H23N3O2S2. The summed E-state index contributed by atoms with van der Waals surface area (Å²) in [4.78, 5) is 13.8. The van der Waals surface area contributed by atoms with Crippen LogP contribution in [0.3, 0.4) is 0 Å². The average Bonchev–Trinajstić information content (AvgIpc) is 3.02. The molecule has 0 radical (unpaired) electrons. The standard InChI is InChI=1S/C21H23N3O2S2/c1-3-9-26-15-6-4-5-14(11-15)19(25)23-21(27)24-20-17(12-22)16-8-7-13(2)10-18(16)28-20/h4-6,11,13H,3,7-10H2,1-2H3,(H2,23,24,25,27)/t13-/m1/s1. The highest BCUT2D eigenvalue weighted by atomic mass is 32.1. The van der Waals surface area contributed by atoms with Gasteiger partial charge in [-0.1, -0.05) is 19.9 Å². The lowest BCUT2D eigenvalue weighted by Crippen LogP contribution is -2.34. The SMILES string of the molecule is CCCOc1cccc(C(=O)NC(=S)Nc2sc3c(c2C#N)CC[C@@H](C)C3)c1. The minimum atomic E-state index is -0.312. The quantitative estimate of drug-likeness (QED) is 0.698. The normalized spacial score (nSPS) is 15.2. The molecule has 0 aliphatic heterocycles. The van der Waals surface area contributed by atoms with Crippen LogP contribution in [0, 0.1) is 17.2 Å². The number of benzene rings is 1. The lowest BCUT2D eigenvalue weighted by atomic mass is 9.89. The summed E-state index contributed by atoms with van der Waals surface area (Å²) in [5.74, 6) is 0.965. The molecule has 3 rings (SSSR count). The molecule has 1 heterocycles. The Hall–Kier alpha value is -2.43. The first-order valence-corrected chi connectivity index (χ1v) is 10.6. The first-order chi connectivity index (χ1) is 13.5. The highest BCUT2D eigenvalue weighted by Crippen LogP contribution is 2.39. The molecular weight excluding hydrogens is 390 g/mol. The second kappa shape index (κ2) is 9.18. The lowest BCUT2D eigenvalue weighted by Gasteiger charge is -2.17. The summed E-state index contributed by atoms with van der Waals surface area (Å²) in [6.07, 6.45) is 3.89. The Kier molecular flexibility index (Phi) is 6.65. The van der Waals surface area contributed by atoms with E-state index in [1.54, 1.807) is 29.5 Å². The fourth-order valence-corrected chi connectivity index (χ4v) is 4.84. The average molecular weight is 414 g/mol. The van der Waals surface area contributed by atoms with Gasteiger partial charge in [0, 0.05) is 10.4 Å². The van der Waals surface area contributed by atoms with Crippen molar-refractivity contribution in [2.45, 2.75) is 39.5 Å². The van der Waals surface area contributed by atoms with E-state index in [2.05, 4.69) is 23.6 Å². The van der Waals surface area contributed by atoms with Gasteiger partial charge in [0.05, 0.1) is 12.2 Å². The maximum absolute atomic E-state index is 12.5. The summed E-state index contributed by atoms with van der Waals surface area (Å²) in [7, 11) is 0. The zero-order chi connectivity index (χ0) is 20.1. The zero-order valence-corrected chi connectivity index (χ0v) is 17.6. The van der Waals surface area contributed by atoms with Gasteiger partial charge in [0.1, 0.15) is 16.8 Å². The first kappa shape index (κ1) is 20.3. The number of nitriles is 1. The molecule has 0 saturated carbocycles. The van der Waals surface area contributed by atoms with Crippen LogP contribution < -0.4 is 15.4 Å². The maximum atomic E-state index is 12.5. The number of hydrogen-bond donors (Lipinski definition) is 2. The van der Waals surface area contributed by atoms with Gasteiger partial charge in [-0.15, -0.1) is 11.3 Å². The lowest BCUT2D eigenvalue weighted by molar-refractivity contribution is 0.0977. The molecule has 0 fully saturated rings. The number of hydrogen-bond acceptors (Lipinski definition) is 5. The second-order valence-corrected chi connectivity index (χ2v) is 8.47. The monoisotopic (exact) mass is 413 g/mol. The van der Waals surface area contributed by atoms with E-state index in [9.17, 15) is 10.1 Å². The molecule has 28 heavy (non-hydrogen) atoms. The number of thiocarbonyl (C=S) groups is 1. The molecule has 2 aromatic rings. The van der Waals surface area contributed by atoms with E-state index in [-0.39, 0.29) is 11.0 Å². The summed E-state index contributed by atoms with van der Waals surface area (Å²) in [6.45, 7) is 4.86. The summed E-state index contributed by atoms with van der Waals surface area (Å²) >= 11 is 6.87. The van der Waals surface area contributed by atoms with E-state index >= 15 is 0 Å². The van der Waals surface area contributed by atoms with Gasteiger partial charge >= 0.3 is 0 Å². The van der Waals surface area contributed by atoms with Gasteiger partial charge in [0.25, 0.3) is 5.91 Å². The number of ether oxygens (including phenoxy) is 1. The van der Waals surface area contributed by atoms with Gasteiger partial charge in [-0.2, -0.15) is 5.26 Å². The van der Waals surface area contributed by atoms with Crippen molar-refractivity contribution in [2.24, 2.45) is 5.92 Å². The van der Waals surface area contributed by atoms with E-state index in [1.807, 2.05) is 13.0 Å². The molecule has 0 spiro atoms. The maximum Gasteiger partial charge on any atom is 0.257 e. The predicted molar refractivity (Wildman–Crippen MR) is 116 cm³/mol. The molecule has 5 nitrogen and oxygen atoms in total. The summed E-state index contributed by atoms with van der Waals surface area (Å²) < 4.78 is 5.57. The molecule has 1 aromatic carbocycles.